The van der Waals surface area contributed by atoms with Crippen molar-refractivity contribution in [2.75, 3.05) is 6.61 Å². The van der Waals surface area contributed by atoms with E-state index in [-0.39, 0.29) is 23.8 Å². The number of unbranched alkanes of at least 4 members (excludes halogenated alkanes) is 2. The molecule has 124 valence electrons. The molecule has 0 aromatic heterocycles. The van der Waals surface area contributed by atoms with Crippen molar-refractivity contribution in [1.82, 2.24) is 0 Å². The third-order valence-corrected chi connectivity index (χ3v) is 3.09. The summed E-state index contributed by atoms with van der Waals surface area (Å²) in [4.78, 5) is 23.5. The molecule has 4 nitrogen and oxygen atoms in total. The van der Waals surface area contributed by atoms with Gasteiger partial charge in [-0.15, -0.1) is 0 Å². The van der Waals surface area contributed by atoms with Gasteiger partial charge in [-0.2, -0.15) is 0 Å². The Morgan fingerprint density at radius 3 is 2.24 bits per heavy atom. The van der Waals surface area contributed by atoms with Gasteiger partial charge >= 0.3 is 11.9 Å². The Kier molecular flexibility index (Phi) is 9.31. The van der Waals surface area contributed by atoms with Gasteiger partial charge in [0.1, 0.15) is 5.60 Å². The maximum atomic E-state index is 11.8. The number of hydrogen-bond acceptors (Lipinski definition) is 4. The molecule has 2 atom stereocenters. The minimum Gasteiger partial charge on any atom is -0.465 e. The summed E-state index contributed by atoms with van der Waals surface area (Å²) in [5, 5.41) is 0. The van der Waals surface area contributed by atoms with E-state index >= 15 is 0 Å². The quantitative estimate of drug-likeness (QED) is 0.475. The second-order valence-corrected chi connectivity index (χ2v) is 6.91. The summed E-state index contributed by atoms with van der Waals surface area (Å²) in [6.45, 7) is 12.0. The van der Waals surface area contributed by atoms with Crippen LogP contribution in [0, 0.1) is 11.8 Å². The zero-order valence-corrected chi connectivity index (χ0v) is 14.5. The van der Waals surface area contributed by atoms with Crippen molar-refractivity contribution >= 4 is 11.9 Å². The number of hydrogen-bond donors (Lipinski definition) is 0. The predicted octanol–water partition coefficient (Wildman–Crippen LogP) is 4.11. The minimum absolute atomic E-state index is 0.109. The molecule has 0 aliphatic carbocycles. The topological polar surface area (TPSA) is 52.6 Å². The zero-order valence-electron chi connectivity index (χ0n) is 14.5. The molecule has 0 saturated heterocycles. The standard InChI is InChI=1S/C17H32O4/c1-7-8-9-10-20-16(19)14(3)11-13(2)12-15(18)21-17(4,5)6/h13-14H,7-12H2,1-6H3. The molecule has 0 spiro atoms. The van der Waals surface area contributed by atoms with Gasteiger partial charge in [-0.3, -0.25) is 9.59 Å². The Balaban J connectivity index is 3.99. The highest BCUT2D eigenvalue weighted by molar-refractivity contribution is 5.72. The van der Waals surface area contributed by atoms with Crippen LogP contribution in [0.4, 0.5) is 0 Å². The molecule has 21 heavy (non-hydrogen) atoms. The normalized spacial score (nSPS) is 14.4. The lowest BCUT2D eigenvalue weighted by molar-refractivity contribution is -0.157. The van der Waals surface area contributed by atoms with Crippen molar-refractivity contribution in [2.45, 2.75) is 79.2 Å². The van der Waals surface area contributed by atoms with Crippen LogP contribution >= 0.6 is 0 Å². The van der Waals surface area contributed by atoms with Gasteiger partial charge in [0.05, 0.1) is 12.5 Å². The first-order chi connectivity index (χ1) is 9.65. The lowest BCUT2D eigenvalue weighted by Gasteiger charge is -2.21. The molecule has 0 fully saturated rings. The maximum absolute atomic E-state index is 11.8. The van der Waals surface area contributed by atoms with Crippen molar-refractivity contribution in [3.05, 3.63) is 0 Å². The molecule has 0 bridgehead atoms. The van der Waals surface area contributed by atoms with Crippen molar-refractivity contribution in [1.29, 1.82) is 0 Å². The Labute approximate surface area is 129 Å². The average molecular weight is 300 g/mol. The second-order valence-electron chi connectivity index (χ2n) is 6.91. The number of esters is 2. The summed E-state index contributed by atoms with van der Waals surface area (Å²) in [6, 6.07) is 0. The predicted molar refractivity (Wildman–Crippen MR) is 83.9 cm³/mol. The Bertz CT molecular complexity index is 317. The molecule has 0 amide bonds. The van der Waals surface area contributed by atoms with Crippen molar-refractivity contribution < 1.29 is 19.1 Å². The van der Waals surface area contributed by atoms with Crippen molar-refractivity contribution in [3.8, 4) is 0 Å². The lowest BCUT2D eigenvalue weighted by Crippen LogP contribution is -2.26. The van der Waals surface area contributed by atoms with Crippen LogP contribution in [-0.4, -0.2) is 24.1 Å². The molecule has 0 saturated carbocycles. The molecule has 0 rings (SSSR count). The van der Waals surface area contributed by atoms with E-state index in [9.17, 15) is 9.59 Å². The van der Waals surface area contributed by atoms with Crippen molar-refractivity contribution in [3.63, 3.8) is 0 Å². The molecule has 0 heterocycles. The second kappa shape index (κ2) is 9.80. The van der Waals surface area contributed by atoms with E-state index in [1.54, 1.807) is 0 Å². The molecule has 0 N–H and O–H groups in total. The molecular formula is C17H32O4. The Hall–Kier alpha value is -1.06. The highest BCUT2D eigenvalue weighted by Gasteiger charge is 2.22. The van der Waals surface area contributed by atoms with E-state index in [1.807, 2.05) is 34.6 Å². The number of carbonyl (C=O) groups is 2. The smallest absolute Gasteiger partial charge is 0.308 e. The highest BCUT2D eigenvalue weighted by atomic mass is 16.6. The number of carbonyl (C=O) groups excluding carboxylic acids is 2. The Morgan fingerprint density at radius 2 is 1.71 bits per heavy atom. The van der Waals surface area contributed by atoms with Crippen LogP contribution in [-0.2, 0) is 19.1 Å². The van der Waals surface area contributed by atoms with Gasteiger partial charge in [0.25, 0.3) is 0 Å². The summed E-state index contributed by atoms with van der Waals surface area (Å²) >= 11 is 0. The van der Waals surface area contributed by atoms with Crippen LogP contribution in [0.15, 0.2) is 0 Å². The molecular weight excluding hydrogens is 268 g/mol. The summed E-state index contributed by atoms with van der Waals surface area (Å²) in [5.41, 5.74) is -0.458. The molecule has 0 aliphatic rings. The first kappa shape index (κ1) is 19.9. The van der Waals surface area contributed by atoms with Gasteiger partial charge < -0.3 is 9.47 Å². The van der Waals surface area contributed by atoms with E-state index in [0.717, 1.165) is 19.3 Å². The first-order valence-corrected chi connectivity index (χ1v) is 8.04. The number of ether oxygens (including phenoxy) is 2. The fourth-order valence-electron chi connectivity index (χ4n) is 2.12. The zero-order chi connectivity index (χ0) is 16.5. The van der Waals surface area contributed by atoms with Crippen LogP contribution in [0.5, 0.6) is 0 Å². The van der Waals surface area contributed by atoms with E-state index in [0.29, 0.717) is 19.4 Å². The summed E-state index contributed by atoms with van der Waals surface area (Å²) in [7, 11) is 0. The van der Waals surface area contributed by atoms with E-state index in [2.05, 4.69) is 6.92 Å². The van der Waals surface area contributed by atoms with Crippen LogP contribution in [0.2, 0.25) is 0 Å². The van der Waals surface area contributed by atoms with Gasteiger partial charge in [-0.25, -0.2) is 0 Å². The molecule has 0 aromatic carbocycles. The van der Waals surface area contributed by atoms with Gasteiger partial charge in [-0.05, 0) is 39.5 Å². The fourth-order valence-corrected chi connectivity index (χ4v) is 2.12. The van der Waals surface area contributed by atoms with Crippen LogP contribution < -0.4 is 0 Å². The molecule has 2 unspecified atom stereocenters. The van der Waals surface area contributed by atoms with Gasteiger partial charge in [-0.1, -0.05) is 33.6 Å². The lowest BCUT2D eigenvalue weighted by atomic mass is 9.95. The average Bonchev–Trinajstić information content (AvgIpc) is 2.31. The molecule has 0 aromatic rings. The minimum atomic E-state index is -0.458. The van der Waals surface area contributed by atoms with Gasteiger partial charge in [0, 0.05) is 6.42 Å². The summed E-state index contributed by atoms with van der Waals surface area (Å²) < 4.78 is 10.5. The monoisotopic (exact) mass is 300 g/mol. The van der Waals surface area contributed by atoms with Crippen molar-refractivity contribution in [2.24, 2.45) is 11.8 Å². The summed E-state index contributed by atoms with van der Waals surface area (Å²) in [5.74, 6) is -0.442. The molecule has 0 aliphatic heterocycles. The van der Waals surface area contributed by atoms with Crippen LogP contribution in [0.3, 0.4) is 0 Å². The summed E-state index contributed by atoms with van der Waals surface area (Å²) in [6.07, 6.45) is 4.09. The van der Waals surface area contributed by atoms with Crippen LogP contribution in [0.25, 0.3) is 0 Å². The van der Waals surface area contributed by atoms with Gasteiger partial charge in [0.2, 0.25) is 0 Å². The van der Waals surface area contributed by atoms with E-state index in [4.69, 9.17) is 9.47 Å². The fraction of sp³-hybridized carbons (Fsp3) is 0.882. The SMILES string of the molecule is CCCCCOC(=O)C(C)CC(C)CC(=O)OC(C)(C)C. The number of rotatable bonds is 9. The third-order valence-electron chi connectivity index (χ3n) is 3.09. The Morgan fingerprint density at radius 1 is 1.10 bits per heavy atom. The maximum Gasteiger partial charge on any atom is 0.308 e. The highest BCUT2D eigenvalue weighted by Crippen LogP contribution is 2.19. The largest absolute Gasteiger partial charge is 0.465 e. The van der Waals surface area contributed by atoms with Gasteiger partial charge in [0.15, 0.2) is 0 Å². The van der Waals surface area contributed by atoms with Crippen LogP contribution in [0.1, 0.15) is 73.6 Å². The van der Waals surface area contributed by atoms with E-state index < -0.39 is 5.60 Å². The molecule has 0 radical (unpaired) electrons. The third kappa shape index (κ3) is 11.3. The van der Waals surface area contributed by atoms with E-state index in [1.165, 1.54) is 0 Å². The molecule has 4 heteroatoms. The first-order valence-electron chi connectivity index (χ1n) is 8.04.